The van der Waals surface area contributed by atoms with Gasteiger partial charge in [0.15, 0.2) is 6.10 Å². The predicted octanol–water partition coefficient (Wildman–Crippen LogP) is 12.1. The molecular formula is C42H73O8P. The first-order valence-electron chi connectivity index (χ1n) is 20.1. The lowest BCUT2D eigenvalue weighted by molar-refractivity contribution is -0.161. The standard InChI is InChI=1S/C42H73O8P/c1-3-5-7-9-11-13-15-17-18-19-20-21-22-23-25-26-28-30-32-34-36-41(43)48-38-40(39-49-51(45,46)47)50-42(44)37-35-33-31-29-27-24-16-14-12-10-8-6-4-2/h6,8,10,12-18,40H,3-5,7,9,11,19-39H2,1-2H3,(H2,45,46,47)/b8-6+,12-10+,15-13+,16-14+,18-17+. The average Bonchev–Trinajstić information content (AvgIpc) is 3.10. The average molecular weight is 737 g/mol. The van der Waals surface area contributed by atoms with Crippen molar-refractivity contribution in [3.05, 3.63) is 60.8 Å². The first kappa shape index (κ1) is 48.8. The van der Waals surface area contributed by atoms with Crippen LogP contribution >= 0.6 is 7.82 Å². The van der Waals surface area contributed by atoms with Crippen molar-refractivity contribution in [2.75, 3.05) is 13.2 Å². The molecule has 0 aromatic rings. The minimum absolute atomic E-state index is 0.186. The third-order valence-corrected chi connectivity index (χ3v) is 8.84. The fourth-order valence-corrected chi connectivity index (χ4v) is 5.72. The van der Waals surface area contributed by atoms with Gasteiger partial charge in [-0.15, -0.1) is 0 Å². The van der Waals surface area contributed by atoms with E-state index >= 15 is 0 Å². The van der Waals surface area contributed by atoms with Gasteiger partial charge in [0.25, 0.3) is 0 Å². The molecule has 0 rings (SSSR count). The first-order chi connectivity index (χ1) is 24.8. The predicted molar refractivity (Wildman–Crippen MR) is 211 cm³/mol. The zero-order valence-corrected chi connectivity index (χ0v) is 33.1. The van der Waals surface area contributed by atoms with Crippen molar-refractivity contribution < 1.29 is 37.9 Å². The van der Waals surface area contributed by atoms with E-state index in [0.717, 1.165) is 64.2 Å². The van der Waals surface area contributed by atoms with Crippen molar-refractivity contribution in [3.8, 4) is 0 Å². The largest absolute Gasteiger partial charge is 0.469 e. The Labute approximate surface area is 311 Å². The summed E-state index contributed by atoms with van der Waals surface area (Å²) >= 11 is 0. The van der Waals surface area contributed by atoms with Crippen molar-refractivity contribution in [1.29, 1.82) is 0 Å². The van der Waals surface area contributed by atoms with Crippen LogP contribution in [0.15, 0.2) is 60.8 Å². The van der Waals surface area contributed by atoms with E-state index < -0.39 is 32.5 Å². The SMILES string of the molecule is CC/C=C/C=C/C=C/CCCCCCCC(=O)OC(COC(=O)CCCCCCCCCCCC/C=C/C=C/CCCCCC)COP(=O)(O)O. The molecule has 0 radical (unpaired) electrons. The van der Waals surface area contributed by atoms with Crippen LogP contribution < -0.4 is 0 Å². The van der Waals surface area contributed by atoms with Crippen molar-refractivity contribution in [2.45, 2.75) is 180 Å². The Morgan fingerprint density at radius 1 is 0.529 bits per heavy atom. The van der Waals surface area contributed by atoms with Crippen LogP contribution in [-0.4, -0.2) is 41.0 Å². The van der Waals surface area contributed by atoms with Crippen LogP contribution in [0.3, 0.4) is 0 Å². The quantitative estimate of drug-likeness (QED) is 0.0282. The molecule has 0 aliphatic carbocycles. The summed E-state index contributed by atoms with van der Waals surface area (Å²) in [6.07, 6.45) is 46.6. The summed E-state index contributed by atoms with van der Waals surface area (Å²) in [6, 6.07) is 0. The van der Waals surface area contributed by atoms with E-state index in [1.54, 1.807) is 0 Å². The molecule has 0 aromatic carbocycles. The van der Waals surface area contributed by atoms with E-state index in [1.807, 2.05) is 18.2 Å². The first-order valence-corrected chi connectivity index (χ1v) is 21.7. The molecule has 1 atom stereocenters. The molecular weight excluding hydrogens is 663 g/mol. The van der Waals surface area contributed by atoms with Crippen molar-refractivity contribution in [1.82, 2.24) is 0 Å². The Bertz CT molecular complexity index is 1010. The number of rotatable bonds is 36. The lowest BCUT2D eigenvalue weighted by Gasteiger charge is -2.18. The number of unbranched alkanes of at least 4 members (excludes halogenated alkanes) is 19. The van der Waals surface area contributed by atoms with Crippen LogP contribution in [0.2, 0.25) is 0 Å². The molecule has 0 heterocycles. The van der Waals surface area contributed by atoms with Gasteiger partial charge in [0.1, 0.15) is 6.61 Å². The maximum Gasteiger partial charge on any atom is 0.469 e. The normalized spacial score (nSPS) is 13.1. The molecule has 294 valence electrons. The van der Waals surface area contributed by atoms with Crippen molar-refractivity contribution >= 4 is 19.8 Å². The highest BCUT2D eigenvalue weighted by Crippen LogP contribution is 2.36. The topological polar surface area (TPSA) is 119 Å². The summed E-state index contributed by atoms with van der Waals surface area (Å²) in [5, 5.41) is 0. The highest BCUT2D eigenvalue weighted by atomic mass is 31.2. The molecule has 0 amide bonds. The molecule has 1 unspecified atom stereocenters. The molecule has 0 saturated carbocycles. The van der Waals surface area contributed by atoms with Gasteiger partial charge in [-0.25, -0.2) is 4.57 Å². The van der Waals surface area contributed by atoms with Gasteiger partial charge in [0.2, 0.25) is 0 Å². The molecule has 2 N–H and O–H groups in total. The minimum Gasteiger partial charge on any atom is -0.462 e. The number of ether oxygens (including phenoxy) is 2. The van der Waals surface area contributed by atoms with E-state index in [1.165, 1.54) is 70.6 Å². The Hall–Kier alpha value is -2.25. The second-order valence-corrected chi connectivity index (χ2v) is 14.6. The minimum atomic E-state index is -4.76. The smallest absolute Gasteiger partial charge is 0.462 e. The molecule has 9 heteroatoms. The van der Waals surface area contributed by atoms with Crippen LogP contribution in [-0.2, 0) is 28.2 Å². The summed E-state index contributed by atoms with van der Waals surface area (Å²) < 4.78 is 26.3. The number of phosphoric acid groups is 1. The highest BCUT2D eigenvalue weighted by Gasteiger charge is 2.22. The summed E-state index contributed by atoms with van der Waals surface area (Å²) in [5.41, 5.74) is 0. The second-order valence-electron chi connectivity index (χ2n) is 13.3. The zero-order chi connectivity index (χ0) is 37.5. The number of carbonyl (C=O) groups is 2. The Kier molecular flexibility index (Phi) is 35.9. The maximum atomic E-state index is 12.4. The number of hydrogen-bond acceptors (Lipinski definition) is 6. The Morgan fingerprint density at radius 3 is 1.41 bits per heavy atom. The van der Waals surface area contributed by atoms with Gasteiger partial charge < -0.3 is 19.3 Å². The molecule has 8 nitrogen and oxygen atoms in total. The monoisotopic (exact) mass is 737 g/mol. The van der Waals surface area contributed by atoms with Gasteiger partial charge in [0, 0.05) is 12.8 Å². The van der Waals surface area contributed by atoms with E-state index in [4.69, 9.17) is 19.3 Å². The van der Waals surface area contributed by atoms with Crippen LogP contribution in [0.5, 0.6) is 0 Å². The van der Waals surface area contributed by atoms with E-state index in [0.29, 0.717) is 12.8 Å². The number of allylic oxidation sites excluding steroid dienone is 10. The molecule has 0 saturated heterocycles. The van der Waals surface area contributed by atoms with Gasteiger partial charge in [-0.05, 0) is 57.8 Å². The van der Waals surface area contributed by atoms with E-state index in [-0.39, 0.29) is 19.4 Å². The molecule has 0 aromatic heterocycles. The molecule has 0 bridgehead atoms. The molecule has 0 aliphatic rings. The van der Waals surface area contributed by atoms with Crippen LogP contribution in [0.25, 0.3) is 0 Å². The van der Waals surface area contributed by atoms with Crippen molar-refractivity contribution in [2.24, 2.45) is 0 Å². The molecule has 0 aliphatic heterocycles. The Balaban J connectivity index is 3.93. The summed E-state index contributed by atoms with van der Waals surface area (Å²) in [7, 11) is -4.76. The summed E-state index contributed by atoms with van der Waals surface area (Å²) in [5.74, 6) is -0.916. The summed E-state index contributed by atoms with van der Waals surface area (Å²) in [6.45, 7) is 3.50. The van der Waals surface area contributed by atoms with Gasteiger partial charge >= 0.3 is 19.8 Å². The van der Waals surface area contributed by atoms with Crippen LogP contribution in [0, 0.1) is 0 Å². The van der Waals surface area contributed by atoms with Crippen LogP contribution in [0.4, 0.5) is 0 Å². The Morgan fingerprint density at radius 2 is 0.941 bits per heavy atom. The fraction of sp³-hybridized carbons (Fsp3) is 0.714. The van der Waals surface area contributed by atoms with E-state index in [2.05, 4.69) is 60.9 Å². The van der Waals surface area contributed by atoms with Crippen LogP contribution in [0.1, 0.15) is 174 Å². The number of phosphoric ester groups is 1. The third kappa shape index (κ3) is 40.4. The zero-order valence-electron chi connectivity index (χ0n) is 32.2. The van der Waals surface area contributed by atoms with Gasteiger partial charge in [-0.1, -0.05) is 164 Å². The fourth-order valence-electron chi connectivity index (χ4n) is 5.36. The van der Waals surface area contributed by atoms with E-state index in [9.17, 15) is 14.2 Å². The molecule has 0 fully saturated rings. The second kappa shape index (κ2) is 37.5. The number of carbonyl (C=O) groups excluding carboxylic acids is 2. The third-order valence-electron chi connectivity index (χ3n) is 8.36. The highest BCUT2D eigenvalue weighted by molar-refractivity contribution is 7.46. The molecule has 0 spiro atoms. The lowest BCUT2D eigenvalue weighted by Crippen LogP contribution is -2.29. The van der Waals surface area contributed by atoms with Crippen molar-refractivity contribution in [3.63, 3.8) is 0 Å². The van der Waals surface area contributed by atoms with Gasteiger partial charge in [-0.3, -0.25) is 14.1 Å². The summed E-state index contributed by atoms with van der Waals surface area (Å²) in [4.78, 5) is 42.8. The maximum absolute atomic E-state index is 12.4. The molecule has 51 heavy (non-hydrogen) atoms. The number of hydrogen-bond donors (Lipinski definition) is 2. The van der Waals surface area contributed by atoms with Gasteiger partial charge in [-0.2, -0.15) is 0 Å². The van der Waals surface area contributed by atoms with Gasteiger partial charge in [0.05, 0.1) is 6.61 Å². The lowest BCUT2D eigenvalue weighted by atomic mass is 10.1. The number of esters is 2.